The molecule has 3 rings (SSSR count). The molecule has 2 aromatic heterocycles. The smallest absolute Gasteiger partial charge is 0.271 e. The maximum Gasteiger partial charge on any atom is 0.271 e. The zero-order chi connectivity index (χ0) is 16.8. The molecule has 1 amide bonds. The average Bonchev–Trinajstić information content (AvgIpc) is 2.96. The molecule has 0 aliphatic carbocycles. The van der Waals surface area contributed by atoms with Crippen LogP contribution in [0, 0.1) is 0 Å². The molecule has 0 bridgehead atoms. The summed E-state index contributed by atoms with van der Waals surface area (Å²) in [4.78, 5) is 20.6. The Kier molecular flexibility index (Phi) is 5.15. The molecule has 0 fully saturated rings. The van der Waals surface area contributed by atoms with Gasteiger partial charge in [0.05, 0.1) is 11.1 Å². The largest absolute Gasteiger partial charge is 0.331 e. The molecule has 8 heteroatoms. The summed E-state index contributed by atoms with van der Waals surface area (Å²) in [6.45, 7) is 0. The second-order valence-corrected chi connectivity index (χ2v) is 5.99. The van der Waals surface area contributed by atoms with Gasteiger partial charge in [0.15, 0.2) is 10.3 Å². The van der Waals surface area contributed by atoms with Crippen LogP contribution in [0.25, 0.3) is 0 Å². The SMILES string of the molecule is O=C(N/N=C/c1sc(Nc2ccccc2)nc1Cl)c1ccncc1. The fraction of sp³-hybridized carbons (Fsp3) is 0. The third kappa shape index (κ3) is 4.15. The fourth-order valence-electron chi connectivity index (χ4n) is 1.81. The minimum absolute atomic E-state index is 0.320. The summed E-state index contributed by atoms with van der Waals surface area (Å²) in [6, 6.07) is 12.8. The predicted molar refractivity (Wildman–Crippen MR) is 96.1 cm³/mol. The molecule has 120 valence electrons. The van der Waals surface area contributed by atoms with Gasteiger partial charge >= 0.3 is 0 Å². The lowest BCUT2D eigenvalue weighted by Crippen LogP contribution is -2.17. The molecule has 0 radical (unpaired) electrons. The number of aromatic nitrogens is 2. The topological polar surface area (TPSA) is 79.3 Å². The van der Waals surface area contributed by atoms with E-state index in [1.807, 2.05) is 30.3 Å². The summed E-state index contributed by atoms with van der Waals surface area (Å²) in [7, 11) is 0. The quantitative estimate of drug-likeness (QED) is 0.539. The van der Waals surface area contributed by atoms with Crippen molar-refractivity contribution in [2.75, 3.05) is 5.32 Å². The van der Waals surface area contributed by atoms with Crippen LogP contribution in [-0.4, -0.2) is 22.1 Å². The number of benzene rings is 1. The van der Waals surface area contributed by atoms with Gasteiger partial charge in [-0.15, -0.1) is 0 Å². The van der Waals surface area contributed by atoms with Crippen LogP contribution < -0.4 is 10.7 Å². The van der Waals surface area contributed by atoms with Gasteiger partial charge in [0.2, 0.25) is 0 Å². The number of hydrazone groups is 1. The Morgan fingerprint density at radius 3 is 2.67 bits per heavy atom. The van der Waals surface area contributed by atoms with E-state index >= 15 is 0 Å². The monoisotopic (exact) mass is 357 g/mol. The Labute approximate surface area is 147 Å². The van der Waals surface area contributed by atoms with Crippen LogP contribution in [0.4, 0.5) is 10.8 Å². The fourth-order valence-corrected chi connectivity index (χ4v) is 2.86. The van der Waals surface area contributed by atoms with Gasteiger partial charge in [-0.05, 0) is 24.3 Å². The van der Waals surface area contributed by atoms with Crippen LogP contribution in [0.2, 0.25) is 5.15 Å². The van der Waals surface area contributed by atoms with Crippen LogP contribution in [-0.2, 0) is 0 Å². The van der Waals surface area contributed by atoms with Crippen LogP contribution in [0.15, 0.2) is 60.0 Å². The van der Waals surface area contributed by atoms with E-state index in [1.54, 1.807) is 24.5 Å². The van der Waals surface area contributed by atoms with E-state index in [1.165, 1.54) is 17.6 Å². The van der Waals surface area contributed by atoms with E-state index < -0.39 is 0 Å². The van der Waals surface area contributed by atoms with Crippen LogP contribution in [0.5, 0.6) is 0 Å². The highest BCUT2D eigenvalue weighted by Crippen LogP contribution is 2.27. The van der Waals surface area contributed by atoms with E-state index in [0.29, 0.717) is 20.7 Å². The summed E-state index contributed by atoms with van der Waals surface area (Å²) in [5, 5.41) is 8.04. The highest BCUT2D eigenvalue weighted by atomic mass is 35.5. The van der Waals surface area contributed by atoms with Gasteiger partial charge in [0.1, 0.15) is 0 Å². The van der Waals surface area contributed by atoms with Crippen LogP contribution in [0.3, 0.4) is 0 Å². The molecular formula is C16H12ClN5OS. The predicted octanol–water partition coefficient (Wildman–Crippen LogP) is 3.70. The first-order chi connectivity index (χ1) is 11.7. The van der Waals surface area contributed by atoms with E-state index in [0.717, 1.165) is 5.69 Å². The number of pyridine rings is 1. The Balaban J connectivity index is 1.64. The normalized spacial score (nSPS) is 10.7. The zero-order valence-electron chi connectivity index (χ0n) is 12.3. The molecule has 0 saturated carbocycles. The Morgan fingerprint density at radius 1 is 1.17 bits per heavy atom. The molecule has 2 heterocycles. The third-order valence-corrected chi connectivity index (χ3v) is 4.23. The second-order valence-electron chi connectivity index (χ2n) is 4.60. The maximum absolute atomic E-state index is 11.9. The first-order valence-electron chi connectivity index (χ1n) is 6.94. The van der Waals surface area contributed by atoms with Gasteiger partial charge in [0, 0.05) is 23.6 Å². The Bertz CT molecular complexity index is 851. The van der Waals surface area contributed by atoms with E-state index in [4.69, 9.17) is 11.6 Å². The average molecular weight is 358 g/mol. The van der Waals surface area contributed by atoms with Crippen molar-refractivity contribution in [1.82, 2.24) is 15.4 Å². The number of nitrogens with zero attached hydrogens (tertiary/aromatic N) is 3. The molecule has 0 aliphatic heterocycles. The molecule has 6 nitrogen and oxygen atoms in total. The lowest BCUT2D eigenvalue weighted by Gasteiger charge is -2.00. The van der Waals surface area contributed by atoms with Crippen molar-refractivity contribution >= 4 is 45.9 Å². The van der Waals surface area contributed by atoms with E-state index in [9.17, 15) is 4.79 Å². The molecule has 1 aromatic carbocycles. The lowest BCUT2D eigenvalue weighted by atomic mass is 10.3. The maximum atomic E-state index is 11.9. The number of thiazole rings is 1. The third-order valence-electron chi connectivity index (χ3n) is 2.93. The molecule has 0 atom stereocenters. The van der Waals surface area contributed by atoms with E-state index in [2.05, 4.69) is 25.8 Å². The van der Waals surface area contributed by atoms with Crippen LogP contribution >= 0.6 is 22.9 Å². The Morgan fingerprint density at radius 2 is 1.92 bits per heavy atom. The van der Waals surface area contributed by atoms with Gasteiger partial charge in [-0.2, -0.15) is 5.10 Å². The molecule has 0 spiro atoms. The number of anilines is 2. The molecule has 0 saturated heterocycles. The summed E-state index contributed by atoms with van der Waals surface area (Å²) >= 11 is 7.43. The molecule has 0 aliphatic rings. The number of amides is 1. The number of hydrogen-bond acceptors (Lipinski definition) is 6. The zero-order valence-corrected chi connectivity index (χ0v) is 13.9. The van der Waals surface area contributed by atoms with Gasteiger partial charge < -0.3 is 5.32 Å². The van der Waals surface area contributed by atoms with Gasteiger partial charge in [-0.25, -0.2) is 10.4 Å². The van der Waals surface area contributed by atoms with Crippen molar-refractivity contribution < 1.29 is 4.79 Å². The second kappa shape index (κ2) is 7.67. The number of para-hydroxylation sites is 1. The minimum atomic E-state index is -0.322. The molecule has 2 N–H and O–H groups in total. The lowest BCUT2D eigenvalue weighted by molar-refractivity contribution is 0.0955. The van der Waals surface area contributed by atoms with Crippen molar-refractivity contribution in [3.63, 3.8) is 0 Å². The van der Waals surface area contributed by atoms with Gasteiger partial charge in [-0.3, -0.25) is 9.78 Å². The number of halogens is 1. The van der Waals surface area contributed by atoms with E-state index in [-0.39, 0.29) is 5.91 Å². The van der Waals surface area contributed by atoms with Crippen molar-refractivity contribution in [3.8, 4) is 0 Å². The first kappa shape index (κ1) is 16.1. The molecule has 0 unspecified atom stereocenters. The van der Waals surface area contributed by atoms with Crippen molar-refractivity contribution in [2.45, 2.75) is 0 Å². The molecule has 3 aromatic rings. The highest BCUT2D eigenvalue weighted by Gasteiger charge is 2.08. The van der Waals surface area contributed by atoms with Crippen molar-refractivity contribution in [3.05, 3.63) is 70.5 Å². The first-order valence-corrected chi connectivity index (χ1v) is 8.13. The molecule has 24 heavy (non-hydrogen) atoms. The standard InChI is InChI=1S/C16H12ClN5OS/c17-14-13(10-19-22-15(23)11-6-8-18-9-7-11)24-16(21-14)20-12-4-2-1-3-5-12/h1-10H,(H,20,21)(H,22,23)/b19-10+. The summed E-state index contributed by atoms with van der Waals surface area (Å²) < 4.78 is 0. The highest BCUT2D eigenvalue weighted by molar-refractivity contribution is 7.17. The summed E-state index contributed by atoms with van der Waals surface area (Å²) in [5.41, 5.74) is 3.83. The minimum Gasteiger partial charge on any atom is -0.331 e. The number of hydrogen-bond donors (Lipinski definition) is 2. The van der Waals surface area contributed by atoms with Gasteiger partial charge in [0.25, 0.3) is 5.91 Å². The summed E-state index contributed by atoms with van der Waals surface area (Å²) in [5.74, 6) is -0.322. The van der Waals surface area contributed by atoms with Crippen LogP contribution in [0.1, 0.15) is 15.2 Å². The number of nitrogens with one attached hydrogen (secondary N) is 2. The Hall–Kier alpha value is -2.77. The van der Waals surface area contributed by atoms with Gasteiger partial charge in [-0.1, -0.05) is 41.1 Å². The summed E-state index contributed by atoms with van der Waals surface area (Å²) in [6.07, 6.45) is 4.55. The number of carbonyl (C=O) groups excluding carboxylic acids is 1. The molecular weight excluding hydrogens is 346 g/mol. The van der Waals surface area contributed by atoms with Crippen molar-refractivity contribution in [1.29, 1.82) is 0 Å². The number of rotatable bonds is 5. The van der Waals surface area contributed by atoms with Crippen molar-refractivity contribution in [2.24, 2.45) is 5.10 Å². The number of carbonyl (C=O) groups is 1.